The average Bonchev–Trinajstić information content (AvgIpc) is 3.21. The van der Waals surface area contributed by atoms with Crippen LogP contribution in [0.4, 0.5) is 0 Å². The number of rotatable bonds is 8. The zero-order valence-electron chi connectivity index (χ0n) is 16.4. The summed E-state index contributed by atoms with van der Waals surface area (Å²) in [5.41, 5.74) is -0.534. The van der Waals surface area contributed by atoms with E-state index in [4.69, 9.17) is 14.2 Å². The monoisotopic (exact) mass is 380 g/mol. The number of fused-ring (bicyclic) bond motifs is 1. The van der Waals surface area contributed by atoms with Gasteiger partial charge >= 0.3 is 11.9 Å². The standard InChI is InChI=1S/C20H28O7/c1-5-20(3,4)19(24)25-8-6-7-13(23)26-17-11-9-12(22)15-14(10(2)21)18(17)27-16(11)15/h11,14-18H,5-9H2,1-4H3. The van der Waals surface area contributed by atoms with E-state index in [0.29, 0.717) is 19.3 Å². The highest BCUT2D eigenvalue weighted by molar-refractivity contribution is 5.93. The maximum absolute atomic E-state index is 12.2. The number of Topliss-reactive ketones (excluding diaryl/α,β-unsaturated/α-hetero) is 2. The Morgan fingerprint density at radius 2 is 1.93 bits per heavy atom. The third-order valence-electron chi connectivity index (χ3n) is 6.32. The topological polar surface area (TPSA) is 96.0 Å². The van der Waals surface area contributed by atoms with Gasteiger partial charge < -0.3 is 14.2 Å². The molecule has 1 saturated carbocycles. The lowest BCUT2D eigenvalue weighted by atomic mass is 9.76. The lowest BCUT2D eigenvalue weighted by molar-refractivity contribution is -0.159. The van der Waals surface area contributed by atoms with Gasteiger partial charge in [0.1, 0.15) is 23.8 Å². The van der Waals surface area contributed by atoms with E-state index in [1.165, 1.54) is 6.92 Å². The van der Waals surface area contributed by atoms with Gasteiger partial charge in [-0.1, -0.05) is 6.92 Å². The molecule has 0 radical (unpaired) electrons. The summed E-state index contributed by atoms with van der Waals surface area (Å²) in [5, 5.41) is 0. The van der Waals surface area contributed by atoms with Crippen molar-refractivity contribution in [3.05, 3.63) is 0 Å². The molecule has 2 saturated heterocycles. The molecule has 7 nitrogen and oxygen atoms in total. The number of hydrogen-bond donors (Lipinski definition) is 0. The number of hydrogen-bond acceptors (Lipinski definition) is 7. The van der Waals surface area contributed by atoms with Crippen molar-refractivity contribution in [1.29, 1.82) is 0 Å². The highest BCUT2D eigenvalue weighted by atomic mass is 16.6. The van der Waals surface area contributed by atoms with Crippen LogP contribution in [-0.4, -0.2) is 48.4 Å². The molecule has 0 spiro atoms. The van der Waals surface area contributed by atoms with E-state index >= 15 is 0 Å². The van der Waals surface area contributed by atoms with Gasteiger partial charge in [-0.25, -0.2) is 0 Å². The van der Waals surface area contributed by atoms with Crippen molar-refractivity contribution in [3.63, 3.8) is 0 Å². The minimum absolute atomic E-state index is 0.0386. The Balaban J connectivity index is 1.49. The zero-order valence-corrected chi connectivity index (χ0v) is 16.4. The van der Waals surface area contributed by atoms with Gasteiger partial charge in [0.2, 0.25) is 0 Å². The Bertz CT molecular complexity index is 653. The van der Waals surface area contributed by atoms with Crippen molar-refractivity contribution in [3.8, 4) is 0 Å². The van der Waals surface area contributed by atoms with Crippen LogP contribution in [0.15, 0.2) is 0 Å². The molecule has 0 amide bonds. The van der Waals surface area contributed by atoms with Crippen LogP contribution >= 0.6 is 0 Å². The lowest BCUT2D eigenvalue weighted by Gasteiger charge is -2.29. The van der Waals surface area contributed by atoms with Gasteiger partial charge in [-0.15, -0.1) is 0 Å². The summed E-state index contributed by atoms with van der Waals surface area (Å²) in [6, 6.07) is 0. The maximum Gasteiger partial charge on any atom is 0.311 e. The number of carbonyl (C=O) groups is 4. The summed E-state index contributed by atoms with van der Waals surface area (Å²) >= 11 is 0. The van der Waals surface area contributed by atoms with E-state index in [0.717, 1.165) is 0 Å². The van der Waals surface area contributed by atoms with Crippen LogP contribution in [0.5, 0.6) is 0 Å². The van der Waals surface area contributed by atoms with E-state index in [-0.39, 0.29) is 48.5 Å². The van der Waals surface area contributed by atoms with Crippen LogP contribution in [-0.2, 0) is 33.4 Å². The van der Waals surface area contributed by atoms with Crippen LogP contribution < -0.4 is 0 Å². The van der Waals surface area contributed by atoms with Crippen LogP contribution in [0, 0.1) is 23.2 Å². The van der Waals surface area contributed by atoms with Gasteiger partial charge in [-0.2, -0.15) is 0 Å². The van der Waals surface area contributed by atoms with Crippen LogP contribution in [0.2, 0.25) is 0 Å². The molecule has 0 aromatic rings. The van der Waals surface area contributed by atoms with E-state index in [2.05, 4.69) is 0 Å². The Labute approximate surface area is 159 Å². The third-order valence-corrected chi connectivity index (χ3v) is 6.32. The molecule has 3 fully saturated rings. The first-order valence-corrected chi connectivity index (χ1v) is 9.72. The number of carbonyl (C=O) groups excluding carboxylic acids is 4. The molecular weight excluding hydrogens is 352 g/mol. The van der Waals surface area contributed by atoms with Crippen molar-refractivity contribution < 1.29 is 33.4 Å². The molecular formula is C20H28O7. The summed E-state index contributed by atoms with van der Waals surface area (Å²) < 4.78 is 16.6. The fourth-order valence-corrected chi connectivity index (χ4v) is 4.39. The fourth-order valence-electron chi connectivity index (χ4n) is 4.39. The molecule has 0 N–H and O–H groups in total. The number of ether oxygens (including phenoxy) is 3. The molecule has 2 bridgehead atoms. The Morgan fingerprint density at radius 1 is 1.22 bits per heavy atom. The number of ketones is 2. The van der Waals surface area contributed by atoms with Gasteiger partial charge in [0.05, 0.1) is 30.0 Å². The van der Waals surface area contributed by atoms with Gasteiger partial charge in [0.25, 0.3) is 0 Å². The molecule has 0 aromatic heterocycles. The van der Waals surface area contributed by atoms with Gasteiger partial charge in [0, 0.05) is 18.8 Å². The lowest BCUT2D eigenvalue weighted by Crippen LogP contribution is -2.44. The highest BCUT2D eigenvalue weighted by Gasteiger charge is 2.68. The van der Waals surface area contributed by atoms with Crippen molar-refractivity contribution >= 4 is 23.5 Å². The van der Waals surface area contributed by atoms with Crippen molar-refractivity contribution in [2.24, 2.45) is 23.2 Å². The maximum atomic E-state index is 12.2. The molecule has 6 atom stereocenters. The van der Waals surface area contributed by atoms with E-state index in [9.17, 15) is 19.2 Å². The quantitative estimate of drug-likeness (QED) is 0.468. The summed E-state index contributed by atoms with van der Waals surface area (Å²) in [5.74, 6) is -1.76. The normalized spacial score (nSPS) is 34.0. The van der Waals surface area contributed by atoms with E-state index in [1.54, 1.807) is 0 Å². The summed E-state index contributed by atoms with van der Waals surface area (Å²) in [6.45, 7) is 7.17. The molecule has 2 heterocycles. The average molecular weight is 380 g/mol. The van der Waals surface area contributed by atoms with Gasteiger partial charge in [-0.3, -0.25) is 19.2 Å². The van der Waals surface area contributed by atoms with E-state index in [1.807, 2.05) is 20.8 Å². The third kappa shape index (κ3) is 3.53. The predicted octanol–water partition coefficient (Wildman–Crippen LogP) is 1.85. The highest BCUT2D eigenvalue weighted by Crippen LogP contribution is 2.55. The second-order valence-corrected chi connectivity index (χ2v) is 8.49. The predicted molar refractivity (Wildman–Crippen MR) is 93.6 cm³/mol. The molecule has 3 rings (SSSR count). The minimum atomic E-state index is -0.541. The first-order valence-electron chi connectivity index (χ1n) is 9.72. The molecule has 0 aromatic carbocycles. The largest absolute Gasteiger partial charge is 0.465 e. The van der Waals surface area contributed by atoms with E-state index < -0.39 is 29.5 Å². The molecule has 2 aliphatic heterocycles. The minimum Gasteiger partial charge on any atom is -0.465 e. The van der Waals surface area contributed by atoms with Crippen molar-refractivity contribution in [2.45, 2.75) is 71.7 Å². The summed E-state index contributed by atoms with van der Waals surface area (Å²) in [7, 11) is 0. The summed E-state index contributed by atoms with van der Waals surface area (Å²) in [6.07, 6.45) is 0.110. The molecule has 150 valence electrons. The second-order valence-electron chi connectivity index (χ2n) is 8.49. The molecule has 27 heavy (non-hydrogen) atoms. The zero-order chi connectivity index (χ0) is 19.9. The molecule has 7 heteroatoms. The fraction of sp³-hybridized carbons (Fsp3) is 0.800. The second kappa shape index (κ2) is 7.34. The molecule has 6 unspecified atom stereocenters. The Hall–Kier alpha value is -1.76. The van der Waals surface area contributed by atoms with Crippen LogP contribution in [0.1, 0.15) is 53.4 Å². The number of esters is 2. The van der Waals surface area contributed by atoms with Gasteiger partial charge in [0.15, 0.2) is 0 Å². The molecule has 3 aliphatic rings. The van der Waals surface area contributed by atoms with Crippen molar-refractivity contribution in [2.75, 3.05) is 6.61 Å². The first kappa shape index (κ1) is 20.0. The smallest absolute Gasteiger partial charge is 0.311 e. The van der Waals surface area contributed by atoms with Crippen LogP contribution in [0.3, 0.4) is 0 Å². The molecule has 1 aliphatic carbocycles. The van der Waals surface area contributed by atoms with Gasteiger partial charge in [-0.05, 0) is 33.6 Å². The van der Waals surface area contributed by atoms with Crippen molar-refractivity contribution in [1.82, 2.24) is 0 Å². The SMILES string of the molecule is CCC(C)(C)C(=O)OCCCC(=O)OC1C2CC(=O)C3C2OC1C3C(C)=O. The first-order chi connectivity index (χ1) is 12.7. The Morgan fingerprint density at radius 3 is 2.56 bits per heavy atom. The Kier molecular flexibility index (Phi) is 5.43. The summed E-state index contributed by atoms with van der Waals surface area (Å²) in [4.78, 5) is 48.3. The van der Waals surface area contributed by atoms with Crippen LogP contribution in [0.25, 0.3) is 0 Å².